The molecule has 1 saturated heterocycles. The molecule has 2 rings (SSSR count). The number of aromatic nitrogens is 2. The molecule has 92 valence electrons. The van der Waals surface area contributed by atoms with E-state index in [-0.39, 0.29) is 5.69 Å². The maximum absolute atomic E-state index is 11.1. The van der Waals surface area contributed by atoms with Crippen molar-refractivity contribution >= 4 is 11.8 Å². The Hall–Kier alpha value is -1.65. The summed E-state index contributed by atoms with van der Waals surface area (Å²) in [6, 6.07) is 0. The predicted molar refractivity (Wildman–Crippen MR) is 64.2 cm³/mol. The fraction of sp³-hybridized carbons (Fsp3) is 0.583. The largest absolute Gasteiger partial charge is 0.476 e. The second-order valence-corrected chi connectivity index (χ2v) is 4.56. The zero-order valence-electron chi connectivity index (χ0n) is 9.96. The van der Waals surface area contributed by atoms with E-state index in [1.807, 2.05) is 4.90 Å². The van der Waals surface area contributed by atoms with Crippen LogP contribution in [0.3, 0.4) is 0 Å². The van der Waals surface area contributed by atoms with E-state index in [1.54, 1.807) is 6.20 Å². The molecule has 5 heteroatoms. The van der Waals surface area contributed by atoms with Crippen molar-refractivity contribution in [3.8, 4) is 0 Å². The van der Waals surface area contributed by atoms with Crippen molar-refractivity contribution in [3.63, 3.8) is 0 Å². The van der Waals surface area contributed by atoms with Gasteiger partial charge in [0, 0.05) is 25.5 Å². The average Bonchev–Trinajstić information content (AvgIpc) is 2.54. The zero-order valence-corrected chi connectivity index (χ0v) is 9.96. The predicted octanol–water partition coefficient (Wildman–Crippen LogP) is 1.80. The summed E-state index contributed by atoms with van der Waals surface area (Å²) in [4.78, 5) is 21.2. The van der Waals surface area contributed by atoms with Crippen molar-refractivity contribution in [2.75, 3.05) is 18.0 Å². The number of rotatable bonds is 2. The minimum Gasteiger partial charge on any atom is -0.476 e. The first kappa shape index (κ1) is 11.8. The van der Waals surface area contributed by atoms with Gasteiger partial charge in [-0.1, -0.05) is 6.92 Å². The number of carbonyl (C=O) groups is 1. The highest BCUT2D eigenvalue weighted by atomic mass is 16.4. The Morgan fingerprint density at radius 3 is 2.88 bits per heavy atom. The lowest BCUT2D eigenvalue weighted by molar-refractivity contribution is 0.0690. The van der Waals surface area contributed by atoms with Crippen molar-refractivity contribution < 1.29 is 9.90 Å². The highest BCUT2D eigenvalue weighted by Gasteiger charge is 2.21. The van der Waals surface area contributed by atoms with E-state index in [0.717, 1.165) is 25.9 Å². The van der Waals surface area contributed by atoms with Gasteiger partial charge in [-0.25, -0.2) is 14.8 Å². The summed E-state index contributed by atoms with van der Waals surface area (Å²) in [6.07, 6.45) is 6.33. The van der Waals surface area contributed by atoms with E-state index < -0.39 is 5.97 Å². The van der Waals surface area contributed by atoms with Crippen molar-refractivity contribution in [2.45, 2.75) is 26.2 Å². The van der Waals surface area contributed by atoms with E-state index in [0.29, 0.717) is 11.7 Å². The molecule has 1 aliphatic heterocycles. The molecule has 0 bridgehead atoms. The van der Waals surface area contributed by atoms with E-state index in [2.05, 4.69) is 16.9 Å². The first-order valence-electron chi connectivity index (χ1n) is 5.97. The van der Waals surface area contributed by atoms with Crippen molar-refractivity contribution in [1.82, 2.24) is 9.97 Å². The third-order valence-electron chi connectivity index (χ3n) is 3.20. The molecule has 1 aliphatic rings. The Morgan fingerprint density at radius 2 is 2.12 bits per heavy atom. The maximum Gasteiger partial charge on any atom is 0.358 e. The van der Waals surface area contributed by atoms with Gasteiger partial charge in [0.25, 0.3) is 0 Å². The van der Waals surface area contributed by atoms with Crippen LogP contribution in [0.5, 0.6) is 0 Å². The van der Waals surface area contributed by atoms with Gasteiger partial charge in [-0.15, -0.1) is 0 Å². The molecule has 1 aromatic rings. The molecule has 0 amide bonds. The van der Waals surface area contributed by atoms with Gasteiger partial charge < -0.3 is 10.0 Å². The standard InChI is InChI=1S/C12H17N3O2/c1-9-3-2-7-15(8-4-9)11-10(12(16)17)13-5-6-14-11/h5-6,9H,2-4,7-8H2,1H3,(H,16,17). The van der Waals surface area contributed by atoms with Crippen LogP contribution >= 0.6 is 0 Å². The van der Waals surface area contributed by atoms with Crippen LogP contribution in [0.4, 0.5) is 5.82 Å². The van der Waals surface area contributed by atoms with Crippen molar-refractivity contribution in [3.05, 3.63) is 18.1 Å². The monoisotopic (exact) mass is 235 g/mol. The molecule has 0 saturated carbocycles. The fourth-order valence-electron chi connectivity index (χ4n) is 2.19. The summed E-state index contributed by atoms with van der Waals surface area (Å²) < 4.78 is 0. The van der Waals surface area contributed by atoms with Crippen molar-refractivity contribution in [1.29, 1.82) is 0 Å². The van der Waals surface area contributed by atoms with E-state index in [9.17, 15) is 4.79 Å². The number of nitrogens with zero attached hydrogens (tertiary/aromatic N) is 3. The minimum atomic E-state index is -1.01. The molecule has 1 aromatic heterocycles. The first-order valence-corrected chi connectivity index (χ1v) is 5.97. The molecule has 1 unspecified atom stereocenters. The summed E-state index contributed by atoms with van der Waals surface area (Å²) in [7, 11) is 0. The van der Waals surface area contributed by atoms with E-state index >= 15 is 0 Å². The lowest BCUT2D eigenvalue weighted by Gasteiger charge is -2.22. The zero-order chi connectivity index (χ0) is 12.3. The summed E-state index contributed by atoms with van der Waals surface area (Å²) in [6.45, 7) is 3.96. The van der Waals surface area contributed by atoms with Gasteiger partial charge in [0.2, 0.25) is 0 Å². The van der Waals surface area contributed by atoms with Crippen LogP contribution in [-0.2, 0) is 0 Å². The summed E-state index contributed by atoms with van der Waals surface area (Å²) in [5.41, 5.74) is 0.0575. The highest BCUT2D eigenvalue weighted by Crippen LogP contribution is 2.22. The summed E-state index contributed by atoms with van der Waals surface area (Å²) >= 11 is 0. The topological polar surface area (TPSA) is 66.3 Å². The number of carboxylic acid groups (broad SMARTS) is 1. The molecule has 0 aliphatic carbocycles. The quantitative estimate of drug-likeness (QED) is 0.846. The van der Waals surface area contributed by atoms with Crippen LogP contribution in [0.15, 0.2) is 12.4 Å². The molecule has 2 heterocycles. The molecule has 1 fully saturated rings. The van der Waals surface area contributed by atoms with E-state index in [4.69, 9.17) is 5.11 Å². The van der Waals surface area contributed by atoms with E-state index in [1.165, 1.54) is 12.6 Å². The first-order chi connectivity index (χ1) is 8.18. The normalized spacial score (nSPS) is 21.0. The summed E-state index contributed by atoms with van der Waals surface area (Å²) in [5.74, 6) is 0.199. The Morgan fingerprint density at radius 1 is 1.35 bits per heavy atom. The van der Waals surface area contributed by atoms with Crippen LogP contribution in [-0.4, -0.2) is 34.1 Å². The SMILES string of the molecule is CC1CCCN(c2nccnc2C(=O)O)CC1. The third-order valence-corrected chi connectivity index (χ3v) is 3.20. The van der Waals surface area contributed by atoms with Crippen LogP contribution in [0, 0.1) is 5.92 Å². The highest BCUT2D eigenvalue weighted by molar-refractivity contribution is 5.90. The Labute approximate surface area is 100 Å². The van der Waals surface area contributed by atoms with Crippen LogP contribution in [0.1, 0.15) is 36.7 Å². The van der Waals surface area contributed by atoms with Crippen LogP contribution < -0.4 is 4.90 Å². The number of carboxylic acids is 1. The van der Waals surface area contributed by atoms with Crippen molar-refractivity contribution in [2.24, 2.45) is 5.92 Å². The number of anilines is 1. The number of hydrogen-bond donors (Lipinski definition) is 1. The van der Waals surface area contributed by atoms with Crippen LogP contribution in [0.2, 0.25) is 0 Å². The fourth-order valence-corrected chi connectivity index (χ4v) is 2.19. The molecule has 0 spiro atoms. The second-order valence-electron chi connectivity index (χ2n) is 4.56. The molecular weight excluding hydrogens is 218 g/mol. The Bertz CT molecular complexity index is 408. The van der Waals surface area contributed by atoms with Gasteiger partial charge in [0.15, 0.2) is 11.5 Å². The molecule has 1 N–H and O–H groups in total. The molecule has 0 aromatic carbocycles. The van der Waals surface area contributed by atoms with Gasteiger partial charge in [0.1, 0.15) is 0 Å². The lowest BCUT2D eigenvalue weighted by atomic mass is 10.0. The van der Waals surface area contributed by atoms with Gasteiger partial charge in [0.05, 0.1) is 0 Å². The molecular formula is C12H17N3O2. The minimum absolute atomic E-state index is 0.0575. The van der Waals surface area contributed by atoms with Gasteiger partial charge in [-0.05, 0) is 25.2 Å². The Balaban J connectivity index is 2.24. The smallest absolute Gasteiger partial charge is 0.358 e. The molecule has 0 radical (unpaired) electrons. The van der Waals surface area contributed by atoms with Gasteiger partial charge in [-0.3, -0.25) is 0 Å². The Kier molecular flexibility index (Phi) is 3.56. The average molecular weight is 235 g/mol. The van der Waals surface area contributed by atoms with Gasteiger partial charge in [-0.2, -0.15) is 0 Å². The molecule has 17 heavy (non-hydrogen) atoms. The third kappa shape index (κ3) is 2.72. The maximum atomic E-state index is 11.1. The second kappa shape index (κ2) is 5.12. The van der Waals surface area contributed by atoms with Crippen LogP contribution in [0.25, 0.3) is 0 Å². The molecule has 5 nitrogen and oxygen atoms in total. The number of hydrogen-bond acceptors (Lipinski definition) is 4. The number of aromatic carboxylic acids is 1. The molecule has 1 atom stereocenters. The van der Waals surface area contributed by atoms with Gasteiger partial charge >= 0.3 is 5.97 Å². The summed E-state index contributed by atoms with van der Waals surface area (Å²) in [5, 5.41) is 9.09. The lowest BCUT2D eigenvalue weighted by Crippen LogP contribution is -2.27.